The molecule has 1 aromatic heterocycles. The minimum atomic E-state index is 0.644. The first-order valence-electron chi connectivity index (χ1n) is 5.50. The second-order valence-corrected chi connectivity index (χ2v) is 4.31. The molecule has 3 heteroatoms. The smallest absolute Gasteiger partial charge is 0.153 e. The SMILES string of the molecule is CN1CCCc2cc3c(C=O)coc3cc21. The van der Waals surface area contributed by atoms with Crippen molar-refractivity contribution in [3.05, 3.63) is 29.5 Å². The Morgan fingerprint density at radius 2 is 2.31 bits per heavy atom. The Morgan fingerprint density at radius 3 is 3.12 bits per heavy atom. The number of carbonyl (C=O) groups excluding carboxylic acids is 1. The molecule has 0 aliphatic carbocycles. The van der Waals surface area contributed by atoms with Gasteiger partial charge in [0.05, 0.1) is 5.56 Å². The molecule has 0 saturated carbocycles. The van der Waals surface area contributed by atoms with Gasteiger partial charge in [0.15, 0.2) is 6.29 Å². The maximum atomic E-state index is 10.8. The lowest BCUT2D eigenvalue weighted by molar-refractivity contribution is 0.112. The van der Waals surface area contributed by atoms with E-state index < -0.39 is 0 Å². The van der Waals surface area contributed by atoms with Gasteiger partial charge in [0.1, 0.15) is 11.8 Å². The predicted molar refractivity (Wildman–Crippen MR) is 63.2 cm³/mol. The van der Waals surface area contributed by atoms with Gasteiger partial charge in [0.2, 0.25) is 0 Å². The standard InChI is InChI=1S/C13H13NO2/c1-14-4-2-3-9-5-11-10(7-15)8-16-13(11)6-12(9)14/h5-8H,2-4H2,1H3. The molecule has 2 heterocycles. The largest absolute Gasteiger partial charge is 0.463 e. The molecular weight excluding hydrogens is 202 g/mol. The van der Waals surface area contributed by atoms with E-state index in [4.69, 9.17) is 4.42 Å². The molecule has 82 valence electrons. The van der Waals surface area contributed by atoms with Gasteiger partial charge < -0.3 is 9.32 Å². The van der Waals surface area contributed by atoms with Crippen molar-refractivity contribution in [2.24, 2.45) is 0 Å². The Labute approximate surface area is 93.6 Å². The second-order valence-electron chi connectivity index (χ2n) is 4.31. The predicted octanol–water partition coefficient (Wildman–Crippen LogP) is 2.63. The fourth-order valence-electron chi connectivity index (χ4n) is 2.40. The van der Waals surface area contributed by atoms with Crippen LogP contribution in [0.15, 0.2) is 22.8 Å². The maximum Gasteiger partial charge on any atom is 0.153 e. The van der Waals surface area contributed by atoms with Crippen LogP contribution < -0.4 is 4.90 Å². The molecule has 0 N–H and O–H groups in total. The van der Waals surface area contributed by atoms with E-state index >= 15 is 0 Å². The van der Waals surface area contributed by atoms with Crippen molar-refractivity contribution >= 4 is 22.9 Å². The van der Waals surface area contributed by atoms with E-state index in [0.717, 1.165) is 30.2 Å². The van der Waals surface area contributed by atoms with Gasteiger partial charge in [0, 0.05) is 30.7 Å². The van der Waals surface area contributed by atoms with E-state index in [-0.39, 0.29) is 0 Å². The molecule has 1 aromatic carbocycles. The van der Waals surface area contributed by atoms with Crippen LogP contribution in [0.25, 0.3) is 11.0 Å². The quantitative estimate of drug-likeness (QED) is 0.686. The summed E-state index contributed by atoms with van der Waals surface area (Å²) >= 11 is 0. The molecular formula is C13H13NO2. The van der Waals surface area contributed by atoms with E-state index in [1.54, 1.807) is 0 Å². The number of hydrogen-bond donors (Lipinski definition) is 0. The van der Waals surface area contributed by atoms with E-state index in [9.17, 15) is 4.79 Å². The highest BCUT2D eigenvalue weighted by molar-refractivity contribution is 5.97. The third kappa shape index (κ3) is 1.24. The van der Waals surface area contributed by atoms with E-state index in [2.05, 4.69) is 18.0 Å². The zero-order valence-corrected chi connectivity index (χ0v) is 9.19. The first-order chi connectivity index (χ1) is 7.79. The monoisotopic (exact) mass is 215 g/mol. The van der Waals surface area contributed by atoms with Crippen LogP contribution in [-0.2, 0) is 6.42 Å². The molecule has 0 unspecified atom stereocenters. The summed E-state index contributed by atoms with van der Waals surface area (Å²) in [6, 6.07) is 4.13. The minimum absolute atomic E-state index is 0.644. The summed E-state index contributed by atoms with van der Waals surface area (Å²) in [4.78, 5) is 13.1. The fraction of sp³-hybridized carbons (Fsp3) is 0.308. The van der Waals surface area contributed by atoms with Crippen molar-refractivity contribution in [3.8, 4) is 0 Å². The van der Waals surface area contributed by atoms with Gasteiger partial charge in [-0.2, -0.15) is 0 Å². The number of aryl methyl sites for hydroxylation is 1. The summed E-state index contributed by atoms with van der Waals surface area (Å²) in [6.07, 6.45) is 4.64. The van der Waals surface area contributed by atoms with Gasteiger partial charge in [0.25, 0.3) is 0 Å². The Bertz CT molecular complexity index is 556. The Morgan fingerprint density at radius 1 is 1.44 bits per heavy atom. The van der Waals surface area contributed by atoms with Crippen molar-refractivity contribution in [2.75, 3.05) is 18.5 Å². The van der Waals surface area contributed by atoms with Crippen molar-refractivity contribution in [3.63, 3.8) is 0 Å². The Balaban J connectivity index is 2.27. The molecule has 0 fully saturated rings. The van der Waals surface area contributed by atoms with Gasteiger partial charge in [-0.25, -0.2) is 0 Å². The third-order valence-electron chi connectivity index (χ3n) is 3.28. The number of carbonyl (C=O) groups is 1. The van der Waals surface area contributed by atoms with E-state index in [1.165, 1.54) is 23.9 Å². The number of furan rings is 1. The molecule has 0 saturated heterocycles. The lowest BCUT2D eigenvalue weighted by Crippen LogP contribution is -2.24. The molecule has 16 heavy (non-hydrogen) atoms. The van der Waals surface area contributed by atoms with Crippen molar-refractivity contribution in [2.45, 2.75) is 12.8 Å². The third-order valence-corrected chi connectivity index (χ3v) is 3.28. The van der Waals surface area contributed by atoms with Crippen LogP contribution >= 0.6 is 0 Å². The molecule has 0 spiro atoms. The average Bonchev–Trinajstić information content (AvgIpc) is 2.69. The zero-order valence-electron chi connectivity index (χ0n) is 9.19. The minimum Gasteiger partial charge on any atom is -0.463 e. The van der Waals surface area contributed by atoms with Crippen LogP contribution in [0.5, 0.6) is 0 Å². The number of hydrogen-bond acceptors (Lipinski definition) is 3. The van der Waals surface area contributed by atoms with Crippen molar-refractivity contribution in [1.82, 2.24) is 0 Å². The molecule has 3 nitrogen and oxygen atoms in total. The van der Waals surface area contributed by atoms with E-state index in [1.807, 2.05) is 6.07 Å². The normalized spacial score (nSPS) is 15.2. The molecule has 3 rings (SSSR count). The number of anilines is 1. The van der Waals surface area contributed by atoms with Crippen LogP contribution in [-0.4, -0.2) is 19.9 Å². The number of benzene rings is 1. The van der Waals surface area contributed by atoms with Crippen LogP contribution in [0.3, 0.4) is 0 Å². The van der Waals surface area contributed by atoms with Crippen molar-refractivity contribution in [1.29, 1.82) is 0 Å². The molecule has 1 aliphatic rings. The number of rotatable bonds is 1. The molecule has 1 aliphatic heterocycles. The van der Waals surface area contributed by atoms with Crippen LogP contribution in [0.4, 0.5) is 5.69 Å². The Hall–Kier alpha value is -1.77. The van der Waals surface area contributed by atoms with Crippen LogP contribution in [0.2, 0.25) is 0 Å². The fourth-order valence-corrected chi connectivity index (χ4v) is 2.40. The molecule has 0 amide bonds. The summed E-state index contributed by atoms with van der Waals surface area (Å²) in [5, 5.41) is 0.934. The first-order valence-corrected chi connectivity index (χ1v) is 5.50. The number of nitrogens with zero attached hydrogens (tertiary/aromatic N) is 1. The maximum absolute atomic E-state index is 10.8. The topological polar surface area (TPSA) is 33.5 Å². The highest BCUT2D eigenvalue weighted by atomic mass is 16.3. The first kappa shape index (κ1) is 9.46. The zero-order chi connectivity index (χ0) is 11.1. The second kappa shape index (κ2) is 3.37. The highest BCUT2D eigenvalue weighted by Gasteiger charge is 2.16. The summed E-state index contributed by atoms with van der Waals surface area (Å²) in [7, 11) is 2.09. The highest BCUT2D eigenvalue weighted by Crippen LogP contribution is 2.32. The van der Waals surface area contributed by atoms with Crippen LogP contribution in [0, 0.1) is 0 Å². The molecule has 2 aromatic rings. The summed E-state index contributed by atoms with van der Waals surface area (Å²) < 4.78 is 5.40. The van der Waals surface area contributed by atoms with Gasteiger partial charge in [-0.3, -0.25) is 4.79 Å². The molecule has 0 radical (unpaired) electrons. The number of aldehydes is 1. The summed E-state index contributed by atoms with van der Waals surface area (Å²) in [5.41, 5.74) is 3.98. The summed E-state index contributed by atoms with van der Waals surface area (Å²) in [5.74, 6) is 0. The van der Waals surface area contributed by atoms with Gasteiger partial charge >= 0.3 is 0 Å². The van der Waals surface area contributed by atoms with Gasteiger partial charge in [-0.15, -0.1) is 0 Å². The lowest BCUT2D eigenvalue weighted by Gasteiger charge is -2.27. The lowest BCUT2D eigenvalue weighted by atomic mass is 9.99. The average molecular weight is 215 g/mol. The molecule has 0 bridgehead atoms. The molecule has 0 atom stereocenters. The van der Waals surface area contributed by atoms with Gasteiger partial charge in [-0.1, -0.05) is 0 Å². The Kier molecular flexibility index (Phi) is 1.99. The van der Waals surface area contributed by atoms with Crippen molar-refractivity contribution < 1.29 is 9.21 Å². The van der Waals surface area contributed by atoms with E-state index in [0.29, 0.717) is 5.56 Å². The number of fused-ring (bicyclic) bond motifs is 2. The van der Waals surface area contributed by atoms with Crippen LogP contribution in [0.1, 0.15) is 22.3 Å². The summed E-state index contributed by atoms with van der Waals surface area (Å²) in [6.45, 7) is 1.08. The van der Waals surface area contributed by atoms with Gasteiger partial charge in [-0.05, 0) is 24.5 Å².